The number of hydrogen-bond acceptors (Lipinski definition) is 4. The first kappa shape index (κ1) is 18.5. The Hall–Kier alpha value is -3.83. The molecule has 4 rings (SSSR count). The lowest BCUT2D eigenvalue weighted by Gasteiger charge is -2.21. The van der Waals surface area contributed by atoms with Crippen molar-refractivity contribution in [2.75, 3.05) is 13.7 Å². The van der Waals surface area contributed by atoms with Gasteiger partial charge in [-0.3, -0.25) is 4.79 Å². The lowest BCUT2D eigenvalue weighted by Crippen LogP contribution is -2.28. The second-order valence-electron chi connectivity index (χ2n) is 6.69. The summed E-state index contributed by atoms with van der Waals surface area (Å²) in [5.74, 6) is 0.410. The third kappa shape index (κ3) is 3.63. The summed E-state index contributed by atoms with van der Waals surface area (Å²) in [6, 6.07) is 21.5. The summed E-state index contributed by atoms with van der Waals surface area (Å²) in [4.78, 5) is 15.4. The molecule has 1 atom stereocenters. The van der Waals surface area contributed by atoms with E-state index < -0.39 is 0 Å². The maximum atomic E-state index is 12.7. The highest BCUT2D eigenvalue weighted by atomic mass is 16.5. The SMILES string of the molecule is COc1ccc([C@@H]2CC(c3cccc4ccccc34)=NN2C(=O)CN=[N+]=[N-])cc1. The molecule has 0 fully saturated rings. The summed E-state index contributed by atoms with van der Waals surface area (Å²) in [5, 5.41) is 11.7. The Labute approximate surface area is 167 Å². The fraction of sp³-hybridized carbons (Fsp3) is 0.182. The van der Waals surface area contributed by atoms with Gasteiger partial charge in [0.05, 0.1) is 18.9 Å². The van der Waals surface area contributed by atoms with Crippen molar-refractivity contribution in [1.29, 1.82) is 0 Å². The van der Waals surface area contributed by atoms with Crippen LogP contribution in [0.1, 0.15) is 23.6 Å². The minimum atomic E-state index is -0.334. The second kappa shape index (κ2) is 8.04. The third-order valence-corrected chi connectivity index (χ3v) is 5.04. The molecule has 0 aromatic heterocycles. The number of hydrazone groups is 1. The van der Waals surface area contributed by atoms with Crippen LogP contribution in [0, 0.1) is 0 Å². The van der Waals surface area contributed by atoms with Crippen LogP contribution in [0.3, 0.4) is 0 Å². The number of benzene rings is 3. The molecule has 0 radical (unpaired) electrons. The van der Waals surface area contributed by atoms with Gasteiger partial charge in [-0.05, 0) is 34.0 Å². The molecule has 0 saturated carbocycles. The van der Waals surface area contributed by atoms with Gasteiger partial charge < -0.3 is 4.74 Å². The Morgan fingerprint density at radius 2 is 1.93 bits per heavy atom. The molecule has 0 spiro atoms. The molecule has 1 aliphatic rings. The minimum Gasteiger partial charge on any atom is -0.497 e. The highest BCUT2D eigenvalue weighted by molar-refractivity contribution is 6.12. The molecule has 0 aliphatic carbocycles. The number of ether oxygens (including phenoxy) is 1. The Balaban J connectivity index is 1.75. The molecule has 3 aromatic rings. The van der Waals surface area contributed by atoms with Gasteiger partial charge in [0.1, 0.15) is 12.3 Å². The van der Waals surface area contributed by atoms with Crippen LogP contribution < -0.4 is 4.74 Å². The van der Waals surface area contributed by atoms with E-state index in [0.717, 1.165) is 33.4 Å². The maximum absolute atomic E-state index is 12.7. The number of fused-ring (bicyclic) bond motifs is 1. The van der Waals surface area contributed by atoms with Gasteiger partial charge in [0, 0.05) is 16.9 Å². The molecule has 0 saturated heterocycles. The third-order valence-electron chi connectivity index (χ3n) is 5.04. The zero-order valence-electron chi connectivity index (χ0n) is 15.9. The minimum absolute atomic E-state index is 0.267. The summed E-state index contributed by atoms with van der Waals surface area (Å²) in [6.07, 6.45) is 0.572. The maximum Gasteiger partial charge on any atom is 0.249 e. The van der Waals surface area contributed by atoms with Crippen molar-refractivity contribution in [3.05, 3.63) is 88.3 Å². The molecule has 7 heteroatoms. The standard InChI is InChI=1S/C22H19N5O2/c1-29-17-11-9-16(10-12-17)21-13-20(25-27(21)22(28)14-24-26-23)19-8-4-6-15-5-2-3-7-18(15)19/h2-12,21H,13-14H2,1H3/t21-/m0/s1. The van der Waals surface area contributed by atoms with E-state index in [0.29, 0.717) is 6.42 Å². The van der Waals surface area contributed by atoms with Gasteiger partial charge in [-0.15, -0.1) is 0 Å². The van der Waals surface area contributed by atoms with Crippen molar-refractivity contribution in [2.24, 2.45) is 10.2 Å². The van der Waals surface area contributed by atoms with E-state index in [1.165, 1.54) is 5.01 Å². The van der Waals surface area contributed by atoms with E-state index in [1.54, 1.807) is 7.11 Å². The van der Waals surface area contributed by atoms with Gasteiger partial charge in [0.2, 0.25) is 5.91 Å². The van der Waals surface area contributed by atoms with Crippen LogP contribution in [0.15, 0.2) is 76.9 Å². The van der Waals surface area contributed by atoms with Crippen molar-refractivity contribution in [1.82, 2.24) is 5.01 Å². The lowest BCUT2D eigenvalue weighted by atomic mass is 9.95. The predicted molar refractivity (Wildman–Crippen MR) is 112 cm³/mol. The van der Waals surface area contributed by atoms with Crippen LogP contribution in [0.5, 0.6) is 5.75 Å². The molecular weight excluding hydrogens is 366 g/mol. The first-order valence-corrected chi connectivity index (χ1v) is 9.23. The normalized spacial score (nSPS) is 15.7. The number of amides is 1. The number of methoxy groups -OCH3 is 1. The van der Waals surface area contributed by atoms with E-state index in [2.05, 4.69) is 33.3 Å². The van der Waals surface area contributed by atoms with Gasteiger partial charge in [-0.1, -0.05) is 59.7 Å². The zero-order valence-corrected chi connectivity index (χ0v) is 15.9. The van der Waals surface area contributed by atoms with Crippen LogP contribution in [0.25, 0.3) is 21.2 Å². The smallest absolute Gasteiger partial charge is 0.249 e. The van der Waals surface area contributed by atoms with Gasteiger partial charge in [-0.25, -0.2) is 5.01 Å². The molecule has 0 N–H and O–H groups in total. The van der Waals surface area contributed by atoms with E-state index in [9.17, 15) is 4.79 Å². The van der Waals surface area contributed by atoms with E-state index in [1.807, 2.05) is 48.5 Å². The summed E-state index contributed by atoms with van der Waals surface area (Å²) in [5.41, 5.74) is 11.4. The van der Waals surface area contributed by atoms with Gasteiger partial charge in [0.25, 0.3) is 0 Å². The van der Waals surface area contributed by atoms with Gasteiger partial charge >= 0.3 is 0 Å². The number of carbonyl (C=O) groups excluding carboxylic acids is 1. The number of nitrogens with zero attached hydrogens (tertiary/aromatic N) is 5. The van der Waals surface area contributed by atoms with Crippen molar-refractivity contribution in [3.8, 4) is 5.75 Å². The summed E-state index contributed by atoms with van der Waals surface area (Å²) in [7, 11) is 1.61. The van der Waals surface area contributed by atoms with Crippen LogP contribution in [-0.4, -0.2) is 30.3 Å². The quantitative estimate of drug-likeness (QED) is 0.357. The van der Waals surface area contributed by atoms with E-state index in [4.69, 9.17) is 10.3 Å². The first-order chi connectivity index (χ1) is 14.2. The van der Waals surface area contributed by atoms with Gasteiger partial charge in [0.15, 0.2) is 0 Å². The molecule has 0 unspecified atom stereocenters. The number of rotatable bonds is 5. The van der Waals surface area contributed by atoms with Gasteiger partial charge in [-0.2, -0.15) is 5.10 Å². The first-order valence-electron chi connectivity index (χ1n) is 9.23. The molecule has 29 heavy (non-hydrogen) atoms. The van der Waals surface area contributed by atoms with Crippen molar-refractivity contribution < 1.29 is 9.53 Å². The van der Waals surface area contributed by atoms with Crippen LogP contribution in [-0.2, 0) is 4.79 Å². The Morgan fingerprint density at radius 1 is 1.17 bits per heavy atom. The summed E-state index contributed by atoms with van der Waals surface area (Å²) < 4.78 is 5.23. The fourth-order valence-corrected chi connectivity index (χ4v) is 3.63. The molecular formula is C22H19N5O2. The number of hydrogen-bond donors (Lipinski definition) is 0. The predicted octanol–water partition coefficient (Wildman–Crippen LogP) is 4.84. The van der Waals surface area contributed by atoms with Crippen molar-refractivity contribution in [2.45, 2.75) is 12.5 Å². The van der Waals surface area contributed by atoms with Crippen LogP contribution >= 0.6 is 0 Å². The summed E-state index contributed by atoms with van der Waals surface area (Å²) >= 11 is 0. The lowest BCUT2D eigenvalue weighted by molar-refractivity contribution is -0.131. The molecule has 1 amide bonds. The van der Waals surface area contributed by atoms with Crippen molar-refractivity contribution >= 4 is 22.4 Å². The molecule has 7 nitrogen and oxygen atoms in total. The van der Waals surface area contributed by atoms with Crippen LogP contribution in [0.4, 0.5) is 0 Å². The average molecular weight is 385 g/mol. The molecule has 3 aromatic carbocycles. The highest BCUT2D eigenvalue weighted by Gasteiger charge is 2.33. The zero-order chi connectivity index (χ0) is 20.2. The topological polar surface area (TPSA) is 90.7 Å². The largest absolute Gasteiger partial charge is 0.497 e. The molecule has 0 bridgehead atoms. The van der Waals surface area contributed by atoms with E-state index >= 15 is 0 Å². The Morgan fingerprint density at radius 3 is 2.69 bits per heavy atom. The van der Waals surface area contributed by atoms with E-state index in [-0.39, 0.29) is 18.5 Å². The second-order valence-corrected chi connectivity index (χ2v) is 6.69. The number of azide groups is 1. The fourth-order valence-electron chi connectivity index (χ4n) is 3.63. The number of carbonyl (C=O) groups is 1. The molecule has 1 heterocycles. The van der Waals surface area contributed by atoms with Crippen LogP contribution in [0.2, 0.25) is 0 Å². The monoisotopic (exact) mass is 385 g/mol. The Bertz CT molecular complexity index is 1130. The molecule has 144 valence electrons. The highest BCUT2D eigenvalue weighted by Crippen LogP contribution is 2.35. The van der Waals surface area contributed by atoms with Crippen molar-refractivity contribution in [3.63, 3.8) is 0 Å². The average Bonchev–Trinajstić information content (AvgIpc) is 3.22. The summed E-state index contributed by atoms with van der Waals surface area (Å²) in [6.45, 7) is -0.268. The Kier molecular flexibility index (Phi) is 5.14. The molecule has 1 aliphatic heterocycles.